The average molecular weight is 207 g/mol. The van der Waals surface area contributed by atoms with Crippen molar-refractivity contribution in [1.29, 1.82) is 0 Å². The van der Waals surface area contributed by atoms with E-state index in [4.69, 9.17) is 10.5 Å². The van der Waals surface area contributed by atoms with Gasteiger partial charge in [-0.15, -0.1) is 0 Å². The fourth-order valence-electron chi connectivity index (χ4n) is 1.56. The van der Waals surface area contributed by atoms with Gasteiger partial charge in [-0.2, -0.15) is 0 Å². The highest BCUT2D eigenvalue weighted by molar-refractivity contribution is 5.80. The average Bonchev–Trinajstić information content (AvgIpc) is 2.21. The molecule has 0 aliphatic heterocycles. The molecular weight excluding hydrogens is 190 g/mol. The molecule has 15 heavy (non-hydrogen) atoms. The van der Waals surface area contributed by atoms with Crippen LogP contribution < -0.4 is 5.73 Å². The maximum absolute atomic E-state index is 11.0. The van der Waals surface area contributed by atoms with Gasteiger partial charge in [0.1, 0.15) is 0 Å². The van der Waals surface area contributed by atoms with Crippen molar-refractivity contribution < 1.29 is 9.53 Å². The van der Waals surface area contributed by atoms with Gasteiger partial charge in [0, 0.05) is 7.11 Å². The zero-order valence-corrected chi connectivity index (χ0v) is 9.19. The molecule has 0 heterocycles. The number of methoxy groups -OCH3 is 1. The first-order valence-electron chi connectivity index (χ1n) is 5.10. The van der Waals surface area contributed by atoms with Crippen LogP contribution in [0.3, 0.4) is 0 Å². The second-order valence-corrected chi connectivity index (χ2v) is 3.51. The maximum atomic E-state index is 11.0. The van der Waals surface area contributed by atoms with Crippen molar-refractivity contribution in [2.45, 2.75) is 25.9 Å². The Morgan fingerprint density at radius 2 is 2.00 bits per heavy atom. The lowest BCUT2D eigenvalue weighted by molar-refractivity contribution is -0.128. The van der Waals surface area contributed by atoms with E-state index in [1.165, 1.54) is 12.7 Å². The molecule has 0 aliphatic rings. The molecule has 0 spiro atoms. The lowest BCUT2D eigenvalue weighted by atomic mass is 10.0. The van der Waals surface area contributed by atoms with E-state index in [-0.39, 0.29) is 0 Å². The number of carbonyl (C=O) groups is 1. The highest BCUT2D eigenvalue weighted by atomic mass is 16.5. The molecule has 0 saturated carbocycles. The molecule has 0 radical (unpaired) electrons. The third-order valence-electron chi connectivity index (χ3n) is 2.32. The molecule has 1 rings (SSSR count). The number of primary amides is 1. The summed E-state index contributed by atoms with van der Waals surface area (Å²) in [5.74, 6) is -0.458. The highest BCUT2D eigenvalue weighted by Gasteiger charge is 2.15. The second-order valence-electron chi connectivity index (χ2n) is 3.51. The van der Waals surface area contributed by atoms with Crippen LogP contribution in [-0.4, -0.2) is 13.0 Å². The van der Waals surface area contributed by atoms with Gasteiger partial charge in [0.25, 0.3) is 5.91 Å². The predicted molar refractivity (Wildman–Crippen MR) is 59.4 cm³/mol. The first-order chi connectivity index (χ1) is 7.19. The van der Waals surface area contributed by atoms with E-state index in [0.717, 1.165) is 18.4 Å². The largest absolute Gasteiger partial charge is 0.367 e. The smallest absolute Gasteiger partial charge is 0.251 e. The van der Waals surface area contributed by atoms with Crippen LogP contribution in [0.4, 0.5) is 0 Å². The standard InChI is InChI=1S/C12H17NO2/c1-3-4-9-5-7-10(8-6-9)11(15-2)12(13)14/h5-8,11H,3-4H2,1-2H3,(H2,13,14). The summed E-state index contributed by atoms with van der Waals surface area (Å²) in [6.45, 7) is 2.13. The number of hydrogen-bond donors (Lipinski definition) is 1. The van der Waals surface area contributed by atoms with Crippen molar-refractivity contribution in [3.05, 3.63) is 35.4 Å². The number of carbonyl (C=O) groups excluding carboxylic acids is 1. The summed E-state index contributed by atoms with van der Waals surface area (Å²) in [6, 6.07) is 7.80. The van der Waals surface area contributed by atoms with E-state index >= 15 is 0 Å². The Kier molecular flexibility index (Phi) is 4.31. The molecule has 0 aromatic heterocycles. The van der Waals surface area contributed by atoms with Gasteiger partial charge in [-0.3, -0.25) is 4.79 Å². The minimum atomic E-state index is -0.638. The number of rotatable bonds is 5. The number of ether oxygens (including phenoxy) is 1. The summed E-state index contributed by atoms with van der Waals surface area (Å²) in [7, 11) is 1.48. The van der Waals surface area contributed by atoms with Crippen molar-refractivity contribution in [3.63, 3.8) is 0 Å². The molecule has 2 N–H and O–H groups in total. The van der Waals surface area contributed by atoms with Crippen LogP contribution >= 0.6 is 0 Å². The molecule has 0 fully saturated rings. The molecule has 3 nitrogen and oxygen atoms in total. The summed E-state index contributed by atoms with van der Waals surface area (Å²) in [6.07, 6.45) is 1.53. The number of nitrogens with two attached hydrogens (primary N) is 1. The Labute approximate surface area is 90.2 Å². The molecule has 1 atom stereocenters. The van der Waals surface area contributed by atoms with E-state index in [0.29, 0.717) is 0 Å². The normalized spacial score (nSPS) is 12.4. The number of aryl methyl sites for hydroxylation is 1. The first kappa shape index (κ1) is 11.7. The molecule has 0 aliphatic carbocycles. The van der Waals surface area contributed by atoms with Crippen molar-refractivity contribution >= 4 is 5.91 Å². The lowest BCUT2D eigenvalue weighted by Crippen LogP contribution is -2.22. The van der Waals surface area contributed by atoms with E-state index in [9.17, 15) is 4.79 Å². The van der Waals surface area contributed by atoms with Gasteiger partial charge in [-0.05, 0) is 17.5 Å². The van der Waals surface area contributed by atoms with Crippen molar-refractivity contribution in [3.8, 4) is 0 Å². The molecule has 82 valence electrons. The Hall–Kier alpha value is -1.35. The van der Waals surface area contributed by atoms with Gasteiger partial charge in [0.05, 0.1) is 0 Å². The monoisotopic (exact) mass is 207 g/mol. The molecule has 3 heteroatoms. The molecule has 1 aromatic carbocycles. The molecule has 1 unspecified atom stereocenters. The lowest BCUT2D eigenvalue weighted by Gasteiger charge is -2.12. The van der Waals surface area contributed by atoms with E-state index < -0.39 is 12.0 Å². The fraction of sp³-hybridized carbons (Fsp3) is 0.417. The number of benzene rings is 1. The van der Waals surface area contributed by atoms with Crippen LogP contribution in [-0.2, 0) is 16.0 Å². The molecule has 0 saturated heterocycles. The summed E-state index contributed by atoms with van der Waals surface area (Å²) in [4.78, 5) is 11.0. The van der Waals surface area contributed by atoms with Crippen LogP contribution in [0.15, 0.2) is 24.3 Å². The Bertz CT molecular complexity index is 319. The quantitative estimate of drug-likeness (QED) is 0.800. The van der Waals surface area contributed by atoms with Crippen LogP contribution in [0.5, 0.6) is 0 Å². The van der Waals surface area contributed by atoms with Crippen LogP contribution in [0.1, 0.15) is 30.6 Å². The summed E-state index contributed by atoms with van der Waals surface area (Å²) < 4.78 is 5.02. The first-order valence-corrected chi connectivity index (χ1v) is 5.10. The van der Waals surface area contributed by atoms with Crippen LogP contribution in [0.25, 0.3) is 0 Å². The Morgan fingerprint density at radius 3 is 2.40 bits per heavy atom. The molecule has 0 bridgehead atoms. The third-order valence-corrected chi connectivity index (χ3v) is 2.32. The van der Waals surface area contributed by atoms with Crippen molar-refractivity contribution in [1.82, 2.24) is 0 Å². The maximum Gasteiger partial charge on any atom is 0.251 e. The SMILES string of the molecule is CCCc1ccc(C(OC)C(N)=O)cc1. The van der Waals surface area contributed by atoms with E-state index in [2.05, 4.69) is 6.92 Å². The Morgan fingerprint density at radius 1 is 1.40 bits per heavy atom. The van der Waals surface area contributed by atoms with E-state index in [1.54, 1.807) is 0 Å². The minimum Gasteiger partial charge on any atom is -0.367 e. The topological polar surface area (TPSA) is 52.3 Å². The summed E-state index contributed by atoms with van der Waals surface area (Å²) >= 11 is 0. The zero-order valence-electron chi connectivity index (χ0n) is 9.19. The third kappa shape index (κ3) is 3.06. The number of hydrogen-bond acceptors (Lipinski definition) is 2. The van der Waals surface area contributed by atoms with Crippen LogP contribution in [0, 0.1) is 0 Å². The second kappa shape index (κ2) is 5.51. The summed E-state index contributed by atoms with van der Waals surface area (Å²) in [5.41, 5.74) is 7.29. The van der Waals surface area contributed by atoms with Gasteiger partial charge in [-0.25, -0.2) is 0 Å². The Balaban J connectivity index is 2.82. The summed E-state index contributed by atoms with van der Waals surface area (Å²) in [5, 5.41) is 0. The fourth-order valence-corrected chi connectivity index (χ4v) is 1.56. The zero-order chi connectivity index (χ0) is 11.3. The van der Waals surface area contributed by atoms with Gasteiger partial charge >= 0.3 is 0 Å². The van der Waals surface area contributed by atoms with Crippen molar-refractivity contribution in [2.75, 3.05) is 7.11 Å². The molecule has 1 amide bonds. The molecular formula is C12H17NO2. The van der Waals surface area contributed by atoms with Gasteiger partial charge in [0.2, 0.25) is 0 Å². The van der Waals surface area contributed by atoms with Gasteiger partial charge in [0.15, 0.2) is 6.10 Å². The van der Waals surface area contributed by atoms with Crippen molar-refractivity contribution in [2.24, 2.45) is 5.73 Å². The predicted octanol–water partition coefficient (Wildman–Crippen LogP) is 1.81. The van der Waals surface area contributed by atoms with Crippen LogP contribution in [0.2, 0.25) is 0 Å². The number of amides is 1. The van der Waals surface area contributed by atoms with Gasteiger partial charge in [-0.1, -0.05) is 37.6 Å². The minimum absolute atomic E-state index is 0.458. The highest BCUT2D eigenvalue weighted by Crippen LogP contribution is 2.17. The van der Waals surface area contributed by atoms with Gasteiger partial charge < -0.3 is 10.5 Å². The molecule has 1 aromatic rings. The van der Waals surface area contributed by atoms with E-state index in [1.807, 2.05) is 24.3 Å².